The standard InChI is InChI=1S/C23H22N4O3S/c1-15-20(22(29)27(25(15)3)17-8-6-5-7-9-17)26-21(28)19(24(2)23(26)31)14-16-10-12-18(30-4)13-11-16/h5-14H,1-4H3. The van der Waals surface area contributed by atoms with Crippen molar-refractivity contribution in [3.63, 3.8) is 0 Å². The number of methoxy groups -OCH3 is 1. The number of benzene rings is 2. The van der Waals surface area contributed by atoms with E-state index in [1.54, 1.807) is 43.8 Å². The molecule has 0 atom stereocenters. The van der Waals surface area contributed by atoms with E-state index in [0.29, 0.717) is 17.1 Å². The summed E-state index contributed by atoms with van der Waals surface area (Å²) < 4.78 is 8.45. The first-order chi connectivity index (χ1) is 14.8. The highest BCUT2D eigenvalue weighted by Crippen LogP contribution is 2.29. The topological polar surface area (TPSA) is 59.7 Å². The lowest BCUT2D eigenvalue weighted by atomic mass is 10.1. The Hall–Kier alpha value is -3.65. The fourth-order valence-corrected chi connectivity index (χ4v) is 3.90. The summed E-state index contributed by atoms with van der Waals surface area (Å²) >= 11 is 5.56. The van der Waals surface area contributed by atoms with E-state index in [0.717, 1.165) is 11.3 Å². The summed E-state index contributed by atoms with van der Waals surface area (Å²) in [7, 11) is 5.11. The molecule has 0 unspecified atom stereocenters. The van der Waals surface area contributed by atoms with Crippen LogP contribution >= 0.6 is 12.2 Å². The van der Waals surface area contributed by atoms with Gasteiger partial charge < -0.3 is 9.64 Å². The van der Waals surface area contributed by atoms with Crippen LogP contribution in [0.3, 0.4) is 0 Å². The zero-order chi connectivity index (χ0) is 22.3. The number of thiocarbonyl (C=S) groups is 1. The molecule has 3 aromatic rings. The van der Waals surface area contributed by atoms with E-state index >= 15 is 0 Å². The number of hydrogen-bond acceptors (Lipinski definition) is 4. The van der Waals surface area contributed by atoms with Crippen molar-refractivity contribution in [2.45, 2.75) is 6.92 Å². The third kappa shape index (κ3) is 3.34. The first-order valence-corrected chi connectivity index (χ1v) is 10.1. The number of ether oxygens (including phenoxy) is 1. The molecule has 1 aliphatic rings. The molecule has 1 amide bonds. The maximum Gasteiger partial charge on any atom is 0.296 e. The molecule has 1 aliphatic heterocycles. The van der Waals surface area contributed by atoms with Gasteiger partial charge in [0.1, 0.15) is 17.1 Å². The molecule has 1 fully saturated rings. The van der Waals surface area contributed by atoms with Crippen molar-refractivity contribution in [3.8, 4) is 11.4 Å². The van der Waals surface area contributed by atoms with Gasteiger partial charge in [-0.2, -0.15) is 0 Å². The van der Waals surface area contributed by atoms with Crippen molar-refractivity contribution in [2.75, 3.05) is 19.1 Å². The van der Waals surface area contributed by atoms with E-state index in [9.17, 15) is 9.59 Å². The molecule has 2 heterocycles. The molecule has 158 valence electrons. The molecule has 0 spiro atoms. The number of likely N-dealkylation sites (N-methyl/N-ethyl adjacent to an activating group) is 1. The van der Waals surface area contributed by atoms with Gasteiger partial charge in [0.2, 0.25) is 0 Å². The van der Waals surface area contributed by atoms with Crippen LogP contribution in [0.25, 0.3) is 11.8 Å². The van der Waals surface area contributed by atoms with E-state index in [1.165, 1.54) is 9.58 Å². The lowest BCUT2D eigenvalue weighted by Crippen LogP contribution is -2.35. The maximum atomic E-state index is 13.4. The molecule has 0 saturated carbocycles. The highest BCUT2D eigenvalue weighted by molar-refractivity contribution is 7.80. The van der Waals surface area contributed by atoms with Gasteiger partial charge >= 0.3 is 0 Å². The Balaban J connectivity index is 1.79. The number of carbonyl (C=O) groups is 1. The Kier molecular flexibility index (Phi) is 5.24. The number of rotatable bonds is 4. The van der Waals surface area contributed by atoms with Gasteiger partial charge in [-0.25, -0.2) is 9.58 Å². The van der Waals surface area contributed by atoms with Gasteiger partial charge in [0.05, 0.1) is 18.5 Å². The lowest BCUT2D eigenvalue weighted by molar-refractivity contribution is -0.114. The molecule has 1 saturated heterocycles. The van der Waals surface area contributed by atoms with Gasteiger partial charge in [-0.3, -0.25) is 14.3 Å². The SMILES string of the molecule is COc1ccc(C=C2C(=O)N(c3c(C)n(C)n(-c4ccccc4)c3=O)C(=S)N2C)cc1. The zero-order valence-electron chi connectivity index (χ0n) is 17.7. The largest absolute Gasteiger partial charge is 0.497 e. The van der Waals surface area contributed by atoms with Crippen LogP contribution < -0.4 is 15.2 Å². The fraction of sp³-hybridized carbons (Fsp3) is 0.174. The Bertz CT molecular complexity index is 1260. The summed E-state index contributed by atoms with van der Waals surface area (Å²) in [5.41, 5.74) is 2.52. The number of hydrogen-bond donors (Lipinski definition) is 0. The van der Waals surface area contributed by atoms with E-state index in [-0.39, 0.29) is 22.3 Å². The Labute approximate surface area is 185 Å². The molecular weight excluding hydrogens is 412 g/mol. The minimum absolute atomic E-state index is 0.256. The predicted molar refractivity (Wildman–Crippen MR) is 125 cm³/mol. The quantitative estimate of drug-likeness (QED) is 0.467. The molecular formula is C23H22N4O3S. The fourth-order valence-electron chi connectivity index (χ4n) is 3.62. The van der Waals surface area contributed by atoms with Crippen LogP contribution in [0, 0.1) is 6.92 Å². The van der Waals surface area contributed by atoms with E-state index in [1.807, 2.05) is 54.6 Å². The average Bonchev–Trinajstić information content (AvgIpc) is 3.12. The summed E-state index contributed by atoms with van der Waals surface area (Å²) in [4.78, 5) is 29.7. The Morgan fingerprint density at radius 2 is 1.61 bits per heavy atom. The second-order valence-electron chi connectivity index (χ2n) is 7.20. The Morgan fingerprint density at radius 3 is 2.23 bits per heavy atom. The monoisotopic (exact) mass is 434 g/mol. The van der Waals surface area contributed by atoms with Crippen LogP contribution in [0.4, 0.5) is 5.69 Å². The third-order valence-corrected chi connectivity index (χ3v) is 5.88. The second kappa shape index (κ2) is 7.88. The van der Waals surface area contributed by atoms with Gasteiger partial charge in [0, 0.05) is 14.1 Å². The van der Waals surface area contributed by atoms with Gasteiger partial charge in [0.15, 0.2) is 5.11 Å². The second-order valence-corrected chi connectivity index (χ2v) is 7.56. The van der Waals surface area contributed by atoms with Crippen molar-refractivity contribution in [2.24, 2.45) is 7.05 Å². The lowest BCUT2D eigenvalue weighted by Gasteiger charge is -2.15. The van der Waals surface area contributed by atoms with E-state index in [2.05, 4.69) is 0 Å². The van der Waals surface area contributed by atoms with Crippen LogP contribution in [-0.2, 0) is 11.8 Å². The number of carbonyl (C=O) groups excluding carboxylic acids is 1. The number of anilines is 1. The number of amides is 1. The van der Waals surface area contributed by atoms with Crippen LogP contribution in [0.15, 0.2) is 65.1 Å². The first-order valence-electron chi connectivity index (χ1n) is 9.67. The molecule has 0 aliphatic carbocycles. The predicted octanol–water partition coefficient (Wildman–Crippen LogP) is 3.10. The van der Waals surface area contributed by atoms with Crippen molar-refractivity contribution in [1.29, 1.82) is 0 Å². The minimum atomic E-state index is -0.339. The summed E-state index contributed by atoms with van der Waals surface area (Å²) in [6.45, 7) is 1.80. The number of aromatic nitrogens is 2. The molecule has 0 N–H and O–H groups in total. The Morgan fingerprint density at radius 1 is 0.968 bits per heavy atom. The highest BCUT2D eigenvalue weighted by atomic mass is 32.1. The van der Waals surface area contributed by atoms with Gasteiger partial charge in [-0.1, -0.05) is 30.3 Å². The molecule has 8 heteroatoms. The van der Waals surface area contributed by atoms with Crippen LogP contribution in [0.2, 0.25) is 0 Å². The summed E-state index contributed by atoms with van der Waals surface area (Å²) in [6, 6.07) is 16.6. The maximum absolute atomic E-state index is 13.4. The zero-order valence-corrected chi connectivity index (χ0v) is 18.5. The molecule has 1 aromatic heterocycles. The van der Waals surface area contributed by atoms with Crippen LogP contribution in [0.1, 0.15) is 11.3 Å². The van der Waals surface area contributed by atoms with Crippen molar-refractivity contribution < 1.29 is 9.53 Å². The average molecular weight is 435 g/mol. The van der Waals surface area contributed by atoms with Crippen molar-refractivity contribution >= 4 is 35.0 Å². The smallest absolute Gasteiger partial charge is 0.296 e. The van der Waals surface area contributed by atoms with Gasteiger partial charge in [0.25, 0.3) is 11.5 Å². The molecule has 4 rings (SSSR count). The minimum Gasteiger partial charge on any atom is -0.497 e. The van der Waals surface area contributed by atoms with Crippen LogP contribution in [-0.4, -0.2) is 39.4 Å². The van der Waals surface area contributed by atoms with Crippen LogP contribution in [0.5, 0.6) is 5.75 Å². The molecule has 31 heavy (non-hydrogen) atoms. The summed E-state index contributed by atoms with van der Waals surface area (Å²) in [6.07, 6.45) is 1.75. The van der Waals surface area contributed by atoms with Crippen molar-refractivity contribution in [1.82, 2.24) is 14.3 Å². The summed E-state index contributed by atoms with van der Waals surface area (Å²) in [5.74, 6) is 0.390. The summed E-state index contributed by atoms with van der Waals surface area (Å²) in [5, 5.41) is 0.260. The number of para-hydroxylation sites is 1. The van der Waals surface area contributed by atoms with E-state index in [4.69, 9.17) is 17.0 Å². The molecule has 7 nitrogen and oxygen atoms in total. The molecule has 0 radical (unpaired) electrons. The highest BCUT2D eigenvalue weighted by Gasteiger charge is 2.40. The molecule has 2 aromatic carbocycles. The van der Waals surface area contributed by atoms with Gasteiger partial charge in [-0.05, 0) is 55.0 Å². The van der Waals surface area contributed by atoms with Crippen molar-refractivity contribution in [3.05, 3.63) is 81.9 Å². The normalized spacial score (nSPS) is 15.3. The first kappa shape index (κ1) is 20.6. The van der Waals surface area contributed by atoms with E-state index < -0.39 is 0 Å². The number of nitrogens with zero attached hydrogens (tertiary/aromatic N) is 4. The third-order valence-electron chi connectivity index (χ3n) is 5.43. The van der Waals surface area contributed by atoms with Gasteiger partial charge in [-0.15, -0.1) is 0 Å². The molecule has 0 bridgehead atoms.